The van der Waals surface area contributed by atoms with E-state index in [1.807, 2.05) is 19.2 Å². The molecule has 0 spiro atoms. The number of rotatable bonds is 3. The maximum absolute atomic E-state index is 12.1. The van der Waals surface area contributed by atoms with Gasteiger partial charge in [-0.15, -0.1) is 11.3 Å². The van der Waals surface area contributed by atoms with Crippen molar-refractivity contribution in [2.24, 2.45) is 0 Å². The smallest absolute Gasteiger partial charge is 0.169 e. The highest BCUT2D eigenvalue weighted by molar-refractivity contribution is 7.09. The zero-order valence-electron chi connectivity index (χ0n) is 9.66. The van der Waals surface area contributed by atoms with Crippen LogP contribution in [0, 0.1) is 13.8 Å². The predicted octanol–water partition coefficient (Wildman–Crippen LogP) is 3.84. The van der Waals surface area contributed by atoms with E-state index in [-0.39, 0.29) is 5.78 Å². The van der Waals surface area contributed by atoms with Crippen LogP contribution < -0.4 is 0 Å². The number of thiazole rings is 1. The molecular weight excluding hydrogens is 254 g/mol. The zero-order chi connectivity index (χ0) is 12.4. The lowest BCUT2D eigenvalue weighted by atomic mass is 10.0. The van der Waals surface area contributed by atoms with Gasteiger partial charge in [0.1, 0.15) is 0 Å². The second kappa shape index (κ2) is 4.98. The minimum atomic E-state index is 0.0875. The lowest BCUT2D eigenvalue weighted by Crippen LogP contribution is -2.05. The molecule has 0 aliphatic rings. The Kier molecular flexibility index (Phi) is 3.60. The molecule has 0 aliphatic carbocycles. The normalized spacial score (nSPS) is 10.5. The van der Waals surface area contributed by atoms with Crippen LogP contribution in [-0.2, 0) is 6.42 Å². The fourth-order valence-electron chi connectivity index (χ4n) is 1.69. The van der Waals surface area contributed by atoms with Crippen molar-refractivity contribution in [2.45, 2.75) is 20.3 Å². The molecule has 1 heterocycles. The first-order chi connectivity index (χ1) is 8.06. The summed E-state index contributed by atoms with van der Waals surface area (Å²) in [6.45, 7) is 3.83. The molecule has 0 N–H and O–H groups in total. The number of benzene rings is 1. The van der Waals surface area contributed by atoms with Crippen LogP contribution in [0.3, 0.4) is 0 Å². The van der Waals surface area contributed by atoms with Gasteiger partial charge in [-0.3, -0.25) is 4.79 Å². The van der Waals surface area contributed by atoms with E-state index in [4.69, 9.17) is 11.6 Å². The average Bonchev–Trinajstić information content (AvgIpc) is 2.63. The van der Waals surface area contributed by atoms with E-state index in [9.17, 15) is 4.79 Å². The molecule has 0 atom stereocenters. The van der Waals surface area contributed by atoms with Gasteiger partial charge in [-0.25, -0.2) is 4.98 Å². The lowest BCUT2D eigenvalue weighted by Gasteiger charge is -2.04. The Bertz CT molecular complexity index is 562. The molecule has 1 aromatic carbocycles. The van der Waals surface area contributed by atoms with Crippen LogP contribution in [0.2, 0.25) is 5.02 Å². The number of hydrogen-bond acceptors (Lipinski definition) is 3. The number of hydrogen-bond donors (Lipinski definition) is 0. The maximum Gasteiger partial charge on any atom is 0.169 e. The van der Waals surface area contributed by atoms with Crippen LogP contribution in [0.25, 0.3) is 0 Å². The maximum atomic E-state index is 12.1. The lowest BCUT2D eigenvalue weighted by molar-refractivity contribution is 0.0991. The molecule has 0 bridgehead atoms. The van der Waals surface area contributed by atoms with Crippen LogP contribution >= 0.6 is 22.9 Å². The molecular formula is C13H12ClNOS. The number of carbonyl (C=O) groups is 1. The molecule has 2 nitrogen and oxygen atoms in total. The third kappa shape index (κ3) is 2.93. The van der Waals surface area contributed by atoms with E-state index < -0.39 is 0 Å². The van der Waals surface area contributed by atoms with Gasteiger partial charge in [-0.2, -0.15) is 0 Å². The van der Waals surface area contributed by atoms with E-state index in [2.05, 4.69) is 4.98 Å². The highest BCUT2D eigenvalue weighted by atomic mass is 35.5. The first-order valence-electron chi connectivity index (χ1n) is 5.26. The monoisotopic (exact) mass is 265 g/mol. The molecule has 0 saturated carbocycles. The van der Waals surface area contributed by atoms with Gasteiger partial charge in [-0.05, 0) is 37.6 Å². The van der Waals surface area contributed by atoms with Crippen LogP contribution in [0.1, 0.15) is 26.6 Å². The number of aromatic nitrogens is 1. The summed E-state index contributed by atoms with van der Waals surface area (Å²) in [4.78, 5) is 16.4. The third-order valence-electron chi connectivity index (χ3n) is 2.50. The number of nitrogens with zero attached hydrogens (tertiary/aromatic N) is 1. The van der Waals surface area contributed by atoms with Crippen molar-refractivity contribution < 1.29 is 4.79 Å². The molecule has 0 aliphatic heterocycles. The van der Waals surface area contributed by atoms with Crippen molar-refractivity contribution in [3.63, 3.8) is 0 Å². The number of halogens is 1. The molecule has 2 rings (SSSR count). The van der Waals surface area contributed by atoms with Gasteiger partial charge < -0.3 is 0 Å². The van der Waals surface area contributed by atoms with E-state index in [1.165, 1.54) is 0 Å². The Morgan fingerprint density at radius 3 is 2.76 bits per heavy atom. The SMILES string of the molecule is Cc1nc(CC(=O)c2ccc(Cl)cc2C)cs1. The third-order valence-corrected chi connectivity index (χ3v) is 3.55. The van der Waals surface area contributed by atoms with E-state index >= 15 is 0 Å². The largest absolute Gasteiger partial charge is 0.294 e. The molecule has 88 valence electrons. The average molecular weight is 266 g/mol. The second-order valence-electron chi connectivity index (χ2n) is 3.92. The van der Waals surface area contributed by atoms with Crippen LogP contribution in [0.5, 0.6) is 0 Å². The van der Waals surface area contributed by atoms with Crippen molar-refractivity contribution in [2.75, 3.05) is 0 Å². The standard InChI is InChI=1S/C13H12ClNOS/c1-8-5-10(14)3-4-12(8)13(16)6-11-7-17-9(2)15-11/h3-5,7H,6H2,1-2H3. The summed E-state index contributed by atoms with van der Waals surface area (Å²) in [5.41, 5.74) is 2.47. The van der Waals surface area contributed by atoms with Gasteiger partial charge in [0.05, 0.1) is 17.1 Å². The summed E-state index contributed by atoms with van der Waals surface area (Å²) >= 11 is 7.43. The Hall–Kier alpha value is -1.19. The number of Topliss-reactive ketones (excluding diaryl/α,β-unsaturated/α-hetero) is 1. The van der Waals surface area contributed by atoms with Crippen molar-refractivity contribution in [3.8, 4) is 0 Å². The van der Waals surface area contributed by atoms with E-state index in [0.717, 1.165) is 21.8 Å². The van der Waals surface area contributed by atoms with Crippen LogP contribution in [0.4, 0.5) is 0 Å². The Labute approximate surface area is 109 Å². The molecule has 0 saturated heterocycles. The van der Waals surface area contributed by atoms with Gasteiger partial charge in [0, 0.05) is 16.0 Å². The fraction of sp³-hybridized carbons (Fsp3) is 0.231. The van der Waals surface area contributed by atoms with Crippen LogP contribution in [-0.4, -0.2) is 10.8 Å². The molecule has 0 radical (unpaired) electrons. The van der Waals surface area contributed by atoms with Gasteiger partial charge in [0.25, 0.3) is 0 Å². The second-order valence-corrected chi connectivity index (χ2v) is 5.42. The summed E-state index contributed by atoms with van der Waals surface area (Å²) in [7, 11) is 0. The summed E-state index contributed by atoms with van der Waals surface area (Å²) in [6, 6.07) is 5.33. The Morgan fingerprint density at radius 1 is 1.41 bits per heavy atom. The Morgan fingerprint density at radius 2 is 2.18 bits per heavy atom. The molecule has 17 heavy (non-hydrogen) atoms. The summed E-state index contributed by atoms with van der Waals surface area (Å²) < 4.78 is 0. The number of ketones is 1. The predicted molar refractivity (Wildman–Crippen MR) is 71.1 cm³/mol. The molecule has 4 heteroatoms. The minimum absolute atomic E-state index is 0.0875. The van der Waals surface area contributed by atoms with Crippen molar-refractivity contribution >= 4 is 28.7 Å². The number of aryl methyl sites for hydroxylation is 2. The summed E-state index contributed by atoms with van der Waals surface area (Å²) in [5, 5.41) is 3.57. The van der Waals surface area contributed by atoms with E-state index in [0.29, 0.717) is 11.4 Å². The summed E-state index contributed by atoms with van der Waals surface area (Å²) in [6.07, 6.45) is 0.354. The summed E-state index contributed by atoms with van der Waals surface area (Å²) in [5.74, 6) is 0.0875. The first kappa shape index (κ1) is 12.3. The number of carbonyl (C=O) groups excluding carboxylic acids is 1. The highest BCUT2D eigenvalue weighted by Gasteiger charge is 2.11. The van der Waals surface area contributed by atoms with Gasteiger partial charge >= 0.3 is 0 Å². The highest BCUT2D eigenvalue weighted by Crippen LogP contribution is 2.18. The van der Waals surface area contributed by atoms with Gasteiger partial charge in [-0.1, -0.05) is 11.6 Å². The topological polar surface area (TPSA) is 30.0 Å². The quantitative estimate of drug-likeness (QED) is 0.790. The molecule has 0 amide bonds. The first-order valence-corrected chi connectivity index (χ1v) is 6.52. The molecule has 2 aromatic rings. The fourth-order valence-corrected chi connectivity index (χ4v) is 2.53. The Balaban J connectivity index is 2.20. The molecule has 1 aromatic heterocycles. The van der Waals surface area contributed by atoms with Crippen molar-refractivity contribution in [3.05, 3.63) is 50.4 Å². The van der Waals surface area contributed by atoms with Crippen molar-refractivity contribution in [1.82, 2.24) is 4.98 Å². The minimum Gasteiger partial charge on any atom is -0.294 e. The molecule has 0 fully saturated rings. The van der Waals surface area contributed by atoms with Gasteiger partial charge in [0.2, 0.25) is 0 Å². The zero-order valence-corrected chi connectivity index (χ0v) is 11.2. The molecule has 0 unspecified atom stereocenters. The van der Waals surface area contributed by atoms with Crippen LogP contribution in [0.15, 0.2) is 23.6 Å². The van der Waals surface area contributed by atoms with Gasteiger partial charge in [0.15, 0.2) is 5.78 Å². The van der Waals surface area contributed by atoms with Crippen molar-refractivity contribution in [1.29, 1.82) is 0 Å². The van der Waals surface area contributed by atoms with E-state index in [1.54, 1.807) is 29.5 Å².